The minimum Gasteiger partial charge on any atom is -0.325 e. The van der Waals surface area contributed by atoms with Crippen molar-refractivity contribution in [2.45, 2.75) is 51.1 Å². The van der Waals surface area contributed by atoms with E-state index >= 15 is 0 Å². The topological polar surface area (TPSA) is 72.7 Å². The molecule has 0 fully saturated rings. The van der Waals surface area contributed by atoms with Crippen molar-refractivity contribution in [1.82, 2.24) is 20.2 Å². The van der Waals surface area contributed by atoms with E-state index in [9.17, 15) is 4.79 Å². The first-order valence-corrected chi connectivity index (χ1v) is 10.9. The molecule has 0 bridgehead atoms. The Labute approximate surface area is 176 Å². The first-order chi connectivity index (χ1) is 14.0. The smallest absolute Gasteiger partial charge is 0.234 e. The largest absolute Gasteiger partial charge is 0.325 e. The van der Waals surface area contributed by atoms with Crippen LogP contribution in [0.1, 0.15) is 57.1 Å². The molecule has 3 rings (SSSR count). The van der Waals surface area contributed by atoms with Gasteiger partial charge in [0.15, 0.2) is 0 Å². The number of benzene rings is 2. The molecule has 29 heavy (non-hydrogen) atoms. The highest BCUT2D eigenvalue weighted by atomic mass is 32.2. The number of aromatic nitrogens is 4. The Bertz CT molecular complexity index is 952. The highest BCUT2D eigenvalue weighted by Crippen LogP contribution is 2.27. The van der Waals surface area contributed by atoms with Crippen LogP contribution in [0.15, 0.2) is 53.7 Å². The molecule has 1 atom stereocenters. The summed E-state index contributed by atoms with van der Waals surface area (Å²) < 4.78 is 1.66. The molecule has 0 unspecified atom stereocenters. The van der Waals surface area contributed by atoms with Gasteiger partial charge < -0.3 is 5.32 Å². The van der Waals surface area contributed by atoms with Crippen LogP contribution in [0.3, 0.4) is 0 Å². The van der Waals surface area contributed by atoms with E-state index in [-0.39, 0.29) is 11.7 Å². The van der Waals surface area contributed by atoms with Gasteiger partial charge in [0.1, 0.15) is 0 Å². The summed E-state index contributed by atoms with van der Waals surface area (Å²) in [5.41, 5.74) is 4.17. The van der Waals surface area contributed by atoms with E-state index in [1.54, 1.807) is 4.68 Å². The summed E-state index contributed by atoms with van der Waals surface area (Å²) in [5.74, 6) is 1.02. The number of hydrogen-bond donors (Lipinski definition) is 1. The number of tetrazole rings is 1. The Morgan fingerprint density at radius 2 is 1.83 bits per heavy atom. The van der Waals surface area contributed by atoms with Crippen molar-refractivity contribution >= 4 is 23.4 Å². The molecular formula is C22H27N5OS. The lowest BCUT2D eigenvalue weighted by Gasteiger charge is -2.15. The van der Waals surface area contributed by atoms with E-state index in [0.29, 0.717) is 17.0 Å². The predicted octanol–water partition coefficient (Wildman–Crippen LogP) is 5.03. The van der Waals surface area contributed by atoms with Gasteiger partial charge in [0.2, 0.25) is 11.1 Å². The third-order valence-corrected chi connectivity index (χ3v) is 5.88. The Balaban J connectivity index is 1.66. The maximum absolute atomic E-state index is 12.5. The van der Waals surface area contributed by atoms with Crippen LogP contribution in [0, 0.1) is 0 Å². The van der Waals surface area contributed by atoms with Crippen LogP contribution in [0.25, 0.3) is 5.69 Å². The average molecular weight is 410 g/mol. The summed E-state index contributed by atoms with van der Waals surface area (Å²) in [5, 5.41) is 15.5. The first-order valence-electron chi connectivity index (χ1n) is 9.89. The van der Waals surface area contributed by atoms with Gasteiger partial charge in [0.25, 0.3) is 0 Å². The molecule has 152 valence electrons. The van der Waals surface area contributed by atoms with Crippen molar-refractivity contribution in [2.75, 3.05) is 11.1 Å². The third-order valence-electron chi connectivity index (χ3n) is 4.96. The van der Waals surface area contributed by atoms with Crippen molar-refractivity contribution in [2.24, 2.45) is 0 Å². The molecule has 0 saturated carbocycles. The van der Waals surface area contributed by atoms with E-state index < -0.39 is 0 Å². The summed E-state index contributed by atoms with van der Waals surface area (Å²) in [4.78, 5) is 12.5. The number of anilines is 1. The van der Waals surface area contributed by atoms with Crippen LogP contribution in [0.4, 0.5) is 5.69 Å². The van der Waals surface area contributed by atoms with E-state index in [1.165, 1.54) is 17.3 Å². The van der Waals surface area contributed by atoms with Gasteiger partial charge in [-0.15, -0.1) is 5.10 Å². The Hall–Kier alpha value is -2.67. The molecule has 1 heterocycles. The molecule has 0 aliphatic heterocycles. The molecule has 2 aromatic carbocycles. The van der Waals surface area contributed by atoms with Gasteiger partial charge in [0, 0.05) is 5.69 Å². The summed E-state index contributed by atoms with van der Waals surface area (Å²) >= 11 is 1.32. The average Bonchev–Trinajstić information content (AvgIpc) is 3.21. The molecule has 0 aliphatic rings. The van der Waals surface area contributed by atoms with Gasteiger partial charge in [-0.25, -0.2) is 0 Å². The SMILES string of the molecule is CC[C@@H](C)c1ccccc1NC(=O)CSc1nnnn1-c1ccc(C(C)C)cc1. The molecule has 0 spiro atoms. The number of carbonyl (C=O) groups is 1. The third kappa shape index (κ3) is 5.23. The summed E-state index contributed by atoms with van der Waals surface area (Å²) in [6, 6.07) is 16.1. The van der Waals surface area contributed by atoms with Gasteiger partial charge in [0.05, 0.1) is 11.4 Å². The fraction of sp³-hybridized carbons (Fsp3) is 0.364. The van der Waals surface area contributed by atoms with Crippen LogP contribution in [0.2, 0.25) is 0 Å². The van der Waals surface area contributed by atoms with Crippen molar-refractivity contribution in [3.8, 4) is 5.69 Å². The van der Waals surface area contributed by atoms with E-state index in [1.807, 2.05) is 30.3 Å². The van der Waals surface area contributed by atoms with E-state index in [2.05, 4.69) is 66.7 Å². The quantitative estimate of drug-likeness (QED) is 0.528. The molecule has 1 amide bonds. The number of rotatable bonds is 8. The summed E-state index contributed by atoms with van der Waals surface area (Å²) in [6.07, 6.45) is 1.02. The number of hydrogen-bond acceptors (Lipinski definition) is 5. The molecule has 7 heteroatoms. The molecule has 0 radical (unpaired) electrons. The zero-order chi connectivity index (χ0) is 20.8. The van der Waals surface area contributed by atoms with Crippen LogP contribution < -0.4 is 5.32 Å². The Morgan fingerprint density at radius 3 is 2.52 bits per heavy atom. The zero-order valence-corrected chi connectivity index (χ0v) is 18.1. The fourth-order valence-electron chi connectivity index (χ4n) is 3.01. The zero-order valence-electron chi connectivity index (χ0n) is 17.3. The van der Waals surface area contributed by atoms with Gasteiger partial charge >= 0.3 is 0 Å². The molecule has 0 saturated heterocycles. The van der Waals surface area contributed by atoms with Crippen molar-refractivity contribution < 1.29 is 4.79 Å². The fourth-order valence-corrected chi connectivity index (χ4v) is 3.70. The van der Waals surface area contributed by atoms with Gasteiger partial charge in [-0.1, -0.05) is 69.8 Å². The second-order valence-electron chi connectivity index (χ2n) is 7.35. The molecule has 6 nitrogen and oxygen atoms in total. The van der Waals surface area contributed by atoms with Gasteiger partial charge in [-0.2, -0.15) is 4.68 Å². The predicted molar refractivity (Wildman–Crippen MR) is 118 cm³/mol. The minimum absolute atomic E-state index is 0.0736. The highest BCUT2D eigenvalue weighted by Gasteiger charge is 2.14. The molecular weight excluding hydrogens is 382 g/mol. The molecule has 1 aromatic heterocycles. The van der Waals surface area contributed by atoms with E-state index in [4.69, 9.17) is 0 Å². The van der Waals surface area contributed by atoms with Crippen molar-refractivity contribution in [1.29, 1.82) is 0 Å². The number of carbonyl (C=O) groups excluding carboxylic acids is 1. The lowest BCUT2D eigenvalue weighted by atomic mass is 9.97. The van der Waals surface area contributed by atoms with Crippen LogP contribution >= 0.6 is 11.8 Å². The van der Waals surface area contributed by atoms with Crippen LogP contribution in [-0.4, -0.2) is 31.9 Å². The molecule has 1 N–H and O–H groups in total. The van der Waals surface area contributed by atoms with Gasteiger partial charge in [-0.05, 0) is 58.0 Å². The number of nitrogens with one attached hydrogen (secondary N) is 1. The van der Waals surface area contributed by atoms with Crippen molar-refractivity contribution in [3.63, 3.8) is 0 Å². The second kappa shape index (κ2) is 9.69. The number of amides is 1. The monoisotopic (exact) mass is 409 g/mol. The normalized spacial score (nSPS) is 12.2. The Morgan fingerprint density at radius 1 is 1.10 bits per heavy atom. The number of nitrogens with zero attached hydrogens (tertiary/aromatic N) is 4. The van der Waals surface area contributed by atoms with E-state index in [0.717, 1.165) is 23.4 Å². The molecule has 3 aromatic rings. The first kappa shape index (κ1) is 21.0. The summed E-state index contributed by atoms with van der Waals surface area (Å²) in [7, 11) is 0. The maximum Gasteiger partial charge on any atom is 0.234 e. The highest BCUT2D eigenvalue weighted by molar-refractivity contribution is 7.99. The summed E-state index contributed by atoms with van der Waals surface area (Å²) in [6.45, 7) is 8.63. The van der Waals surface area contributed by atoms with Gasteiger partial charge in [-0.3, -0.25) is 4.79 Å². The van der Waals surface area contributed by atoms with Crippen LogP contribution in [-0.2, 0) is 4.79 Å². The number of thioether (sulfide) groups is 1. The Kier molecular flexibility index (Phi) is 7.04. The lowest BCUT2D eigenvalue weighted by Crippen LogP contribution is -2.16. The number of para-hydroxylation sites is 1. The maximum atomic E-state index is 12.5. The second-order valence-corrected chi connectivity index (χ2v) is 8.30. The van der Waals surface area contributed by atoms with Crippen molar-refractivity contribution in [3.05, 3.63) is 59.7 Å². The lowest BCUT2D eigenvalue weighted by molar-refractivity contribution is -0.113. The minimum atomic E-state index is -0.0736. The standard InChI is InChI=1S/C22H27N5OS/c1-5-16(4)19-8-6-7-9-20(19)23-21(28)14-29-22-24-25-26-27(22)18-12-10-17(11-13-18)15(2)3/h6-13,15-16H,5,14H2,1-4H3,(H,23,28)/t16-/m1/s1. The molecule has 0 aliphatic carbocycles. The van der Waals surface area contributed by atoms with Crippen LogP contribution in [0.5, 0.6) is 0 Å².